The standard InChI is InChI=1S/C12H19N/c1-3-11(2)9-13-10-12-7-5-4-6-8-12/h4-8,11,13H,3,9-10H2,1-2H3/t11-/m1/s1. The molecule has 0 aliphatic carbocycles. The zero-order chi connectivity index (χ0) is 9.52. The van der Waals surface area contributed by atoms with Gasteiger partial charge in [-0.2, -0.15) is 0 Å². The van der Waals surface area contributed by atoms with Crippen LogP contribution in [0.3, 0.4) is 0 Å². The summed E-state index contributed by atoms with van der Waals surface area (Å²) >= 11 is 0. The lowest BCUT2D eigenvalue weighted by atomic mass is 10.1. The Bertz CT molecular complexity index is 218. The Hall–Kier alpha value is -0.820. The first kappa shape index (κ1) is 10.3. The smallest absolute Gasteiger partial charge is 0.0205 e. The van der Waals surface area contributed by atoms with Crippen LogP contribution in [0.4, 0.5) is 0 Å². The zero-order valence-corrected chi connectivity index (χ0v) is 8.59. The Kier molecular flexibility index (Phi) is 4.55. The van der Waals surface area contributed by atoms with E-state index in [9.17, 15) is 0 Å². The van der Waals surface area contributed by atoms with Gasteiger partial charge < -0.3 is 5.32 Å². The average Bonchev–Trinajstić information content (AvgIpc) is 2.19. The second kappa shape index (κ2) is 5.76. The van der Waals surface area contributed by atoms with Crippen molar-refractivity contribution in [3.05, 3.63) is 35.9 Å². The van der Waals surface area contributed by atoms with Crippen LogP contribution in [-0.4, -0.2) is 6.54 Å². The van der Waals surface area contributed by atoms with Crippen LogP contribution in [0.5, 0.6) is 0 Å². The normalized spacial score (nSPS) is 12.8. The Morgan fingerprint density at radius 3 is 2.54 bits per heavy atom. The summed E-state index contributed by atoms with van der Waals surface area (Å²) in [6, 6.07) is 10.5. The molecule has 1 heteroatoms. The van der Waals surface area contributed by atoms with Gasteiger partial charge in [-0.3, -0.25) is 0 Å². The van der Waals surface area contributed by atoms with Crippen LogP contribution in [0.1, 0.15) is 25.8 Å². The Morgan fingerprint density at radius 1 is 1.23 bits per heavy atom. The molecule has 0 radical (unpaired) electrons. The summed E-state index contributed by atoms with van der Waals surface area (Å²) in [4.78, 5) is 0. The van der Waals surface area contributed by atoms with Crippen LogP contribution in [0.15, 0.2) is 30.3 Å². The van der Waals surface area contributed by atoms with Crippen LogP contribution in [0, 0.1) is 5.92 Å². The predicted octanol–water partition coefficient (Wildman–Crippen LogP) is 2.82. The first-order valence-corrected chi connectivity index (χ1v) is 5.07. The van der Waals surface area contributed by atoms with Crippen LogP contribution < -0.4 is 5.32 Å². The van der Waals surface area contributed by atoms with E-state index in [-0.39, 0.29) is 0 Å². The van der Waals surface area contributed by atoms with Crippen LogP contribution in [0.2, 0.25) is 0 Å². The zero-order valence-electron chi connectivity index (χ0n) is 8.59. The third-order valence-electron chi connectivity index (χ3n) is 2.36. The van der Waals surface area contributed by atoms with Crippen molar-refractivity contribution in [1.29, 1.82) is 0 Å². The highest BCUT2D eigenvalue weighted by atomic mass is 14.8. The number of hydrogen-bond donors (Lipinski definition) is 1. The van der Waals surface area contributed by atoms with Gasteiger partial charge >= 0.3 is 0 Å². The van der Waals surface area contributed by atoms with Crippen LogP contribution >= 0.6 is 0 Å². The van der Waals surface area contributed by atoms with Crippen molar-refractivity contribution < 1.29 is 0 Å². The molecule has 0 aliphatic heterocycles. The largest absolute Gasteiger partial charge is 0.312 e. The van der Waals surface area contributed by atoms with Gasteiger partial charge in [-0.15, -0.1) is 0 Å². The first-order chi connectivity index (χ1) is 6.33. The lowest BCUT2D eigenvalue weighted by Crippen LogP contribution is -2.20. The lowest BCUT2D eigenvalue weighted by Gasteiger charge is -2.09. The van der Waals surface area contributed by atoms with Crippen molar-refractivity contribution in [1.82, 2.24) is 5.32 Å². The van der Waals surface area contributed by atoms with Gasteiger partial charge in [0.15, 0.2) is 0 Å². The minimum Gasteiger partial charge on any atom is -0.312 e. The molecule has 0 aliphatic rings. The molecule has 72 valence electrons. The van der Waals surface area contributed by atoms with Crippen molar-refractivity contribution in [2.75, 3.05) is 6.54 Å². The molecule has 0 saturated heterocycles. The van der Waals surface area contributed by atoms with Crippen molar-refractivity contribution in [3.8, 4) is 0 Å². The lowest BCUT2D eigenvalue weighted by molar-refractivity contribution is 0.500. The molecule has 0 aromatic heterocycles. The van der Waals surface area contributed by atoms with E-state index < -0.39 is 0 Å². The summed E-state index contributed by atoms with van der Waals surface area (Å²) in [7, 11) is 0. The number of hydrogen-bond acceptors (Lipinski definition) is 1. The molecule has 1 N–H and O–H groups in total. The average molecular weight is 177 g/mol. The molecule has 1 atom stereocenters. The molecule has 0 bridgehead atoms. The molecule has 1 aromatic rings. The number of nitrogens with one attached hydrogen (secondary N) is 1. The summed E-state index contributed by atoms with van der Waals surface area (Å²) in [5.41, 5.74) is 1.37. The predicted molar refractivity (Wildman–Crippen MR) is 57.6 cm³/mol. The second-order valence-corrected chi connectivity index (χ2v) is 3.63. The van der Waals surface area contributed by atoms with Crippen molar-refractivity contribution in [2.24, 2.45) is 5.92 Å². The molecule has 0 saturated carbocycles. The molecular weight excluding hydrogens is 158 g/mol. The quantitative estimate of drug-likeness (QED) is 0.729. The fraction of sp³-hybridized carbons (Fsp3) is 0.500. The molecule has 1 nitrogen and oxygen atoms in total. The van der Waals surface area contributed by atoms with Crippen molar-refractivity contribution >= 4 is 0 Å². The Balaban J connectivity index is 2.20. The molecular formula is C12H19N. The Labute approximate surface area is 81.2 Å². The second-order valence-electron chi connectivity index (χ2n) is 3.63. The summed E-state index contributed by atoms with van der Waals surface area (Å²) in [5, 5.41) is 3.45. The van der Waals surface area contributed by atoms with E-state index in [0.717, 1.165) is 19.0 Å². The van der Waals surface area contributed by atoms with E-state index in [0.29, 0.717) is 0 Å². The van der Waals surface area contributed by atoms with Gasteiger partial charge in [0.1, 0.15) is 0 Å². The molecule has 0 unspecified atom stereocenters. The van der Waals surface area contributed by atoms with Gasteiger partial charge in [-0.05, 0) is 18.0 Å². The molecule has 13 heavy (non-hydrogen) atoms. The van der Waals surface area contributed by atoms with Gasteiger partial charge in [0.2, 0.25) is 0 Å². The molecule has 0 fully saturated rings. The van der Waals surface area contributed by atoms with Gasteiger partial charge in [0.05, 0.1) is 0 Å². The van der Waals surface area contributed by atoms with E-state index in [2.05, 4.69) is 49.5 Å². The van der Waals surface area contributed by atoms with Gasteiger partial charge in [0.25, 0.3) is 0 Å². The molecule has 1 rings (SSSR count). The third kappa shape index (κ3) is 4.09. The molecule has 0 amide bonds. The maximum absolute atomic E-state index is 3.45. The van der Waals surface area contributed by atoms with E-state index in [4.69, 9.17) is 0 Å². The van der Waals surface area contributed by atoms with Crippen molar-refractivity contribution in [2.45, 2.75) is 26.8 Å². The minimum absolute atomic E-state index is 0.781. The van der Waals surface area contributed by atoms with E-state index in [1.807, 2.05) is 0 Å². The number of benzene rings is 1. The van der Waals surface area contributed by atoms with E-state index >= 15 is 0 Å². The maximum atomic E-state index is 3.45. The summed E-state index contributed by atoms with van der Waals surface area (Å²) in [5.74, 6) is 0.781. The maximum Gasteiger partial charge on any atom is 0.0205 e. The Morgan fingerprint density at radius 2 is 1.92 bits per heavy atom. The highest BCUT2D eigenvalue weighted by Crippen LogP contribution is 2.00. The van der Waals surface area contributed by atoms with E-state index in [1.165, 1.54) is 12.0 Å². The van der Waals surface area contributed by atoms with Gasteiger partial charge in [-0.1, -0.05) is 50.6 Å². The minimum atomic E-state index is 0.781. The summed E-state index contributed by atoms with van der Waals surface area (Å²) in [6.45, 7) is 6.61. The highest BCUT2D eigenvalue weighted by molar-refractivity contribution is 5.14. The van der Waals surface area contributed by atoms with Crippen LogP contribution in [0.25, 0.3) is 0 Å². The van der Waals surface area contributed by atoms with Crippen molar-refractivity contribution in [3.63, 3.8) is 0 Å². The van der Waals surface area contributed by atoms with Crippen LogP contribution in [-0.2, 0) is 6.54 Å². The van der Waals surface area contributed by atoms with Gasteiger partial charge in [-0.25, -0.2) is 0 Å². The topological polar surface area (TPSA) is 12.0 Å². The fourth-order valence-electron chi connectivity index (χ4n) is 1.20. The molecule has 0 heterocycles. The monoisotopic (exact) mass is 177 g/mol. The van der Waals surface area contributed by atoms with Gasteiger partial charge in [0, 0.05) is 6.54 Å². The first-order valence-electron chi connectivity index (χ1n) is 5.07. The fourth-order valence-corrected chi connectivity index (χ4v) is 1.20. The summed E-state index contributed by atoms with van der Waals surface area (Å²) in [6.07, 6.45) is 1.25. The number of rotatable bonds is 5. The highest BCUT2D eigenvalue weighted by Gasteiger charge is 1.96. The third-order valence-corrected chi connectivity index (χ3v) is 2.36. The molecule has 0 spiro atoms. The van der Waals surface area contributed by atoms with E-state index in [1.54, 1.807) is 0 Å². The SMILES string of the molecule is CC[C@@H](C)CNCc1ccccc1. The molecule has 1 aromatic carbocycles. The summed E-state index contributed by atoms with van der Waals surface area (Å²) < 4.78 is 0.